The quantitative estimate of drug-likeness (QED) is 0.392. The highest BCUT2D eigenvalue weighted by Gasteiger charge is 2.18. The summed E-state index contributed by atoms with van der Waals surface area (Å²) in [5.41, 5.74) is 0.527. The smallest absolute Gasteiger partial charge is 0.492 e. The molecule has 6 heteroatoms. The maximum atomic E-state index is 9.19. The molecule has 0 saturated carbocycles. The number of aromatic hydroxyl groups is 1. The highest BCUT2D eigenvalue weighted by Crippen LogP contribution is 2.02. The second-order valence-electron chi connectivity index (χ2n) is 2.87. The highest BCUT2D eigenvalue weighted by atomic mass is 16.4. The summed E-state index contributed by atoms with van der Waals surface area (Å²) in [7, 11) is -1.72. The lowest BCUT2D eigenvalue weighted by Crippen LogP contribution is -2.36. The van der Waals surface area contributed by atoms with E-state index in [1.54, 1.807) is 6.82 Å². The fourth-order valence-corrected chi connectivity index (χ4v) is 1.04. The third-order valence-electron chi connectivity index (χ3n) is 1.81. The van der Waals surface area contributed by atoms with Crippen LogP contribution in [0.5, 0.6) is 5.75 Å². The van der Waals surface area contributed by atoms with Crippen LogP contribution in [0.4, 0.5) is 0 Å². The average molecular weight is 180 g/mol. The molecule has 0 atom stereocenters. The van der Waals surface area contributed by atoms with E-state index >= 15 is 0 Å². The van der Waals surface area contributed by atoms with Crippen LogP contribution in [0.25, 0.3) is 0 Å². The van der Waals surface area contributed by atoms with Gasteiger partial charge < -0.3 is 20.2 Å². The molecule has 68 valence electrons. The minimum atomic E-state index is -1.72. The zero-order valence-electron chi connectivity index (χ0n) is 7.18. The molecule has 13 heavy (non-hydrogen) atoms. The van der Waals surface area contributed by atoms with Crippen molar-refractivity contribution in [3.8, 4) is 5.75 Å². The van der Waals surface area contributed by atoms with Crippen molar-refractivity contribution in [1.29, 1.82) is 0 Å². The number of phenolic OH excluding ortho intramolecular Hbond substituents is 1. The Kier molecular flexibility index (Phi) is 2.98. The Balaban J connectivity index is 3.11. The predicted octanol–water partition coefficient (Wildman–Crippen LogP) is -2.11. The van der Waals surface area contributed by atoms with E-state index in [0.29, 0.717) is 5.46 Å². The molecule has 4 N–H and O–H groups in total. The third kappa shape index (κ3) is 2.24. The van der Waals surface area contributed by atoms with Crippen LogP contribution in [0.15, 0.2) is 18.2 Å². The van der Waals surface area contributed by atoms with Gasteiger partial charge in [0.2, 0.25) is 0 Å². The average Bonchev–Trinajstić information content (AvgIpc) is 2.04. The Morgan fingerprint density at radius 3 is 2.23 bits per heavy atom. The molecule has 0 bridgehead atoms. The van der Waals surface area contributed by atoms with Crippen LogP contribution in [0.2, 0.25) is 6.82 Å². The molecule has 0 heterocycles. The lowest BCUT2D eigenvalue weighted by atomic mass is 9.62. The first-order valence-corrected chi connectivity index (χ1v) is 3.89. The molecule has 0 fully saturated rings. The lowest BCUT2D eigenvalue weighted by molar-refractivity contribution is 0.419. The fraction of sp³-hybridized carbons (Fsp3) is 0.143. The Labute approximate surface area is 76.7 Å². The fourth-order valence-electron chi connectivity index (χ4n) is 1.04. The summed E-state index contributed by atoms with van der Waals surface area (Å²) in [6.45, 7) is 0.859. The Morgan fingerprint density at radius 2 is 1.77 bits per heavy atom. The SMILES string of the molecule is CB(O)c1ccc(O)c(B(O)O)c1. The topological polar surface area (TPSA) is 80.9 Å². The second-order valence-corrected chi connectivity index (χ2v) is 2.87. The number of rotatable bonds is 2. The molecule has 0 spiro atoms. The summed E-state index contributed by atoms with van der Waals surface area (Å²) in [5.74, 6) is -0.195. The van der Waals surface area contributed by atoms with E-state index in [9.17, 15) is 10.1 Å². The van der Waals surface area contributed by atoms with Gasteiger partial charge in [-0.1, -0.05) is 19.0 Å². The van der Waals surface area contributed by atoms with Crippen molar-refractivity contribution < 1.29 is 20.2 Å². The summed E-state index contributed by atoms with van der Waals surface area (Å²) in [4.78, 5) is 0. The molecule has 1 aromatic carbocycles. The first-order chi connectivity index (χ1) is 6.02. The first-order valence-electron chi connectivity index (χ1n) is 3.89. The van der Waals surface area contributed by atoms with Crippen LogP contribution in [0.3, 0.4) is 0 Å². The van der Waals surface area contributed by atoms with Gasteiger partial charge in [0.25, 0.3) is 0 Å². The molecule has 0 radical (unpaired) electrons. The van der Waals surface area contributed by atoms with Crippen molar-refractivity contribution in [2.75, 3.05) is 0 Å². The summed E-state index contributed by atoms with van der Waals surface area (Å²) in [5, 5.41) is 36.0. The van der Waals surface area contributed by atoms with E-state index in [1.807, 2.05) is 0 Å². The summed E-state index contributed by atoms with van der Waals surface area (Å²) in [6, 6.07) is 4.19. The zero-order valence-corrected chi connectivity index (χ0v) is 7.18. The van der Waals surface area contributed by atoms with Gasteiger partial charge in [-0.2, -0.15) is 0 Å². The summed E-state index contributed by atoms with van der Waals surface area (Å²) in [6.07, 6.45) is 0. The van der Waals surface area contributed by atoms with Crippen LogP contribution in [-0.4, -0.2) is 34.2 Å². The van der Waals surface area contributed by atoms with E-state index < -0.39 is 14.0 Å². The van der Waals surface area contributed by atoms with Gasteiger partial charge in [0.15, 0.2) is 0 Å². The maximum absolute atomic E-state index is 9.19. The Bertz CT molecular complexity index is 301. The predicted molar refractivity (Wildman–Crippen MR) is 51.4 cm³/mol. The van der Waals surface area contributed by atoms with Crippen molar-refractivity contribution in [2.24, 2.45) is 0 Å². The van der Waals surface area contributed by atoms with Gasteiger partial charge in [-0.15, -0.1) is 0 Å². The van der Waals surface area contributed by atoms with Crippen molar-refractivity contribution >= 4 is 25.0 Å². The van der Waals surface area contributed by atoms with Gasteiger partial charge in [-0.05, 0) is 11.5 Å². The Hall–Kier alpha value is -0.970. The van der Waals surface area contributed by atoms with Crippen LogP contribution in [0.1, 0.15) is 0 Å². The molecule has 0 aliphatic carbocycles. The van der Waals surface area contributed by atoms with Gasteiger partial charge >= 0.3 is 14.0 Å². The van der Waals surface area contributed by atoms with Crippen molar-refractivity contribution in [2.45, 2.75) is 6.82 Å². The van der Waals surface area contributed by atoms with Crippen LogP contribution in [0, 0.1) is 0 Å². The van der Waals surface area contributed by atoms with E-state index in [2.05, 4.69) is 0 Å². The molecule has 0 aromatic heterocycles. The second kappa shape index (κ2) is 3.83. The molecule has 1 aromatic rings. The van der Waals surface area contributed by atoms with E-state index in [0.717, 1.165) is 0 Å². The van der Waals surface area contributed by atoms with Crippen LogP contribution in [-0.2, 0) is 0 Å². The summed E-state index contributed by atoms with van der Waals surface area (Å²) >= 11 is 0. The van der Waals surface area contributed by atoms with Gasteiger partial charge in [0.05, 0.1) is 0 Å². The minimum Gasteiger partial charge on any atom is -0.508 e. The number of benzene rings is 1. The van der Waals surface area contributed by atoms with Crippen LogP contribution >= 0.6 is 0 Å². The van der Waals surface area contributed by atoms with Crippen molar-refractivity contribution in [3.63, 3.8) is 0 Å². The molecular weight excluding hydrogens is 170 g/mol. The number of hydrogen-bond acceptors (Lipinski definition) is 4. The zero-order chi connectivity index (χ0) is 10.0. The van der Waals surface area contributed by atoms with E-state index in [1.165, 1.54) is 18.2 Å². The molecule has 0 saturated heterocycles. The lowest BCUT2D eigenvalue weighted by Gasteiger charge is -2.06. The highest BCUT2D eigenvalue weighted by molar-refractivity contribution is 6.66. The van der Waals surface area contributed by atoms with Crippen molar-refractivity contribution in [1.82, 2.24) is 0 Å². The number of phenols is 1. The molecule has 0 amide bonds. The van der Waals surface area contributed by atoms with E-state index in [4.69, 9.17) is 10.0 Å². The van der Waals surface area contributed by atoms with Crippen LogP contribution < -0.4 is 10.9 Å². The monoisotopic (exact) mass is 180 g/mol. The molecule has 0 unspecified atom stereocenters. The molecule has 1 rings (SSSR count). The first kappa shape index (κ1) is 10.1. The standard InChI is InChI=1S/C7H10B2O4/c1-8(11)5-2-3-7(10)6(4-5)9(12)13/h2-4,10-13H,1H3. The van der Waals surface area contributed by atoms with Gasteiger partial charge in [0.1, 0.15) is 5.75 Å². The normalized spacial score (nSPS) is 9.85. The maximum Gasteiger partial charge on any atom is 0.492 e. The third-order valence-corrected chi connectivity index (χ3v) is 1.81. The van der Waals surface area contributed by atoms with E-state index in [-0.39, 0.29) is 11.2 Å². The van der Waals surface area contributed by atoms with Crippen molar-refractivity contribution in [3.05, 3.63) is 18.2 Å². The van der Waals surface area contributed by atoms with Gasteiger partial charge in [0, 0.05) is 5.46 Å². The van der Waals surface area contributed by atoms with Gasteiger partial charge in [-0.25, -0.2) is 0 Å². The Morgan fingerprint density at radius 1 is 1.15 bits per heavy atom. The molecule has 0 aliphatic heterocycles. The molecule has 0 aliphatic rings. The summed E-state index contributed by atoms with van der Waals surface area (Å²) < 4.78 is 0. The number of hydrogen-bond donors (Lipinski definition) is 4. The molecular formula is C7H10B2O4. The van der Waals surface area contributed by atoms with Gasteiger partial charge in [-0.3, -0.25) is 0 Å². The minimum absolute atomic E-state index is 0.00148. The molecule has 4 nitrogen and oxygen atoms in total. The largest absolute Gasteiger partial charge is 0.508 e.